The van der Waals surface area contributed by atoms with Crippen LogP contribution in [0.2, 0.25) is 0 Å². The van der Waals surface area contributed by atoms with Gasteiger partial charge in [-0.1, -0.05) is 38.1 Å². The van der Waals surface area contributed by atoms with Crippen LogP contribution in [-0.2, 0) is 0 Å². The Labute approximate surface area is 143 Å². The third-order valence-electron chi connectivity index (χ3n) is 4.57. The minimum Gasteiger partial charge on any atom is -0.496 e. The Balaban J connectivity index is 1.90. The van der Waals surface area contributed by atoms with Crippen LogP contribution in [0.5, 0.6) is 11.5 Å². The van der Waals surface area contributed by atoms with E-state index in [2.05, 4.69) is 18.7 Å². The van der Waals surface area contributed by atoms with Crippen molar-refractivity contribution in [3.63, 3.8) is 0 Å². The van der Waals surface area contributed by atoms with Gasteiger partial charge in [-0.25, -0.2) is 0 Å². The quantitative estimate of drug-likeness (QED) is 0.665. The molecule has 0 N–H and O–H groups in total. The molecule has 2 aromatic carbocycles. The molecule has 1 aliphatic carbocycles. The maximum absolute atomic E-state index is 12.8. The average molecular weight is 325 g/mol. The topological polar surface area (TPSA) is 38.8 Å². The molecular weight excluding hydrogens is 302 g/mol. The Morgan fingerprint density at radius 3 is 2.25 bits per heavy atom. The summed E-state index contributed by atoms with van der Waals surface area (Å²) in [7, 11) is 1.63. The van der Waals surface area contributed by atoms with Gasteiger partial charge in [-0.15, -0.1) is 0 Å². The van der Waals surface area contributed by atoms with Gasteiger partial charge in [0.15, 0.2) is 5.78 Å². The zero-order chi connectivity index (χ0) is 17.1. The summed E-state index contributed by atoms with van der Waals surface area (Å²) in [6.45, 7) is 7.68. The standard InChI is InChI=1S/C20H23NO3/c1-4-21(5-2)12-13-24-17-11-6-8-14-18-15(20(22)19(14)17)9-7-10-16(18)23-3/h6-11H,4-5,12-13H2,1-3H3. The fourth-order valence-electron chi connectivity index (χ4n) is 3.22. The van der Waals surface area contributed by atoms with Crippen LogP contribution in [0.25, 0.3) is 11.1 Å². The number of nitrogens with zero attached hydrogens (tertiary/aromatic N) is 1. The van der Waals surface area contributed by atoms with E-state index in [-0.39, 0.29) is 5.78 Å². The van der Waals surface area contributed by atoms with Crippen molar-refractivity contribution in [2.24, 2.45) is 0 Å². The largest absolute Gasteiger partial charge is 0.496 e. The van der Waals surface area contributed by atoms with Gasteiger partial charge in [-0.2, -0.15) is 0 Å². The predicted octanol–water partition coefficient (Wildman–Crippen LogP) is 3.63. The highest BCUT2D eigenvalue weighted by Crippen LogP contribution is 2.45. The first-order chi connectivity index (χ1) is 11.7. The monoisotopic (exact) mass is 325 g/mol. The summed E-state index contributed by atoms with van der Waals surface area (Å²) in [4.78, 5) is 15.1. The molecule has 0 fully saturated rings. The lowest BCUT2D eigenvalue weighted by Crippen LogP contribution is -2.28. The molecule has 0 heterocycles. The molecular formula is C20H23NO3. The Kier molecular flexibility index (Phi) is 4.86. The van der Waals surface area contributed by atoms with Crippen molar-refractivity contribution in [1.29, 1.82) is 0 Å². The van der Waals surface area contributed by atoms with Crippen molar-refractivity contribution in [3.05, 3.63) is 47.5 Å². The molecule has 0 bridgehead atoms. The SMILES string of the molecule is CCN(CC)CCOc1cccc2c1C(=O)c1cccc(OC)c1-2. The van der Waals surface area contributed by atoms with Gasteiger partial charge in [0.05, 0.1) is 12.7 Å². The fourth-order valence-corrected chi connectivity index (χ4v) is 3.22. The molecule has 4 heteroatoms. The van der Waals surface area contributed by atoms with Crippen molar-refractivity contribution >= 4 is 5.78 Å². The third kappa shape index (κ3) is 2.78. The third-order valence-corrected chi connectivity index (χ3v) is 4.57. The first-order valence-corrected chi connectivity index (χ1v) is 8.41. The Bertz CT molecular complexity index is 751. The second kappa shape index (κ2) is 7.05. The van der Waals surface area contributed by atoms with E-state index in [9.17, 15) is 4.79 Å². The molecule has 0 aromatic heterocycles. The van der Waals surface area contributed by atoms with Crippen LogP contribution in [0.15, 0.2) is 36.4 Å². The van der Waals surface area contributed by atoms with Crippen LogP contribution < -0.4 is 9.47 Å². The number of ether oxygens (including phenoxy) is 2. The van der Waals surface area contributed by atoms with Crippen molar-refractivity contribution in [2.75, 3.05) is 33.4 Å². The average Bonchev–Trinajstić information content (AvgIpc) is 2.92. The van der Waals surface area contributed by atoms with E-state index in [1.54, 1.807) is 7.11 Å². The van der Waals surface area contributed by atoms with Crippen molar-refractivity contribution < 1.29 is 14.3 Å². The molecule has 0 saturated heterocycles. The van der Waals surface area contributed by atoms with Crippen molar-refractivity contribution in [3.8, 4) is 22.6 Å². The Morgan fingerprint density at radius 2 is 1.58 bits per heavy atom. The molecule has 126 valence electrons. The number of rotatable bonds is 7. The zero-order valence-corrected chi connectivity index (χ0v) is 14.5. The molecule has 0 unspecified atom stereocenters. The molecule has 0 aliphatic heterocycles. The molecule has 2 aromatic rings. The highest BCUT2D eigenvalue weighted by atomic mass is 16.5. The maximum atomic E-state index is 12.8. The van der Waals surface area contributed by atoms with Gasteiger partial charge in [0.1, 0.15) is 18.1 Å². The van der Waals surface area contributed by atoms with Crippen LogP contribution in [0.3, 0.4) is 0 Å². The van der Waals surface area contributed by atoms with E-state index in [1.165, 1.54) is 0 Å². The van der Waals surface area contributed by atoms with Crippen LogP contribution in [0.1, 0.15) is 29.8 Å². The number of ketones is 1. The number of methoxy groups -OCH3 is 1. The van der Waals surface area contributed by atoms with Crippen LogP contribution in [0.4, 0.5) is 0 Å². The van der Waals surface area contributed by atoms with Gasteiger partial charge in [0.2, 0.25) is 0 Å². The van der Waals surface area contributed by atoms with Gasteiger partial charge in [-0.05, 0) is 25.2 Å². The highest BCUT2D eigenvalue weighted by Gasteiger charge is 2.32. The van der Waals surface area contributed by atoms with Gasteiger partial charge >= 0.3 is 0 Å². The van der Waals surface area contributed by atoms with E-state index in [1.807, 2.05) is 36.4 Å². The lowest BCUT2D eigenvalue weighted by Gasteiger charge is -2.18. The Morgan fingerprint density at radius 1 is 0.917 bits per heavy atom. The molecule has 0 amide bonds. The lowest BCUT2D eigenvalue weighted by atomic mass is 10.0. The van der Waals surface area contributed by atoms with E-state index in [0.29, 0.717) is 23.5 Å². The fraction of sp³-hybridized carbons (Fsp3) is 0.350. The first-order valence-electron chi connectivity index (χ1n) is 8.41. The number of hydrogen-bond donors (Lipinski definition) is 0. The number of likely N-dealkylation sites (N-methyl/N-ethyl adjacent to an activating group) is 1. The van der Waals surface area contributed by atoms with E-state index < -0.39 is 0 Å². The molecule has 0 atom stereocenters. The predicted molar refractivity (Wildman–Crippen MR) is 95.1 cm³/mol. The summed E-state index contributed by atoms with van der Waals surface area (Å²) in [6, 6.07) is 11.3. The maximum Gasteiger partial charge on any atom is 0.198 e. The van der Waals surface area contributed by atoms with Crippen LogP contribution in [-0.4, -0.2) is 44.0 Å². The lowest BCUT2D eigenvalue weighted by molar-refractivity contribution is 0.103. The number of carbonyl (C=O) groups is 1. The summed E-state index contributed by atoms with van der Waals surface area (Å²) in [5.41, 5.74) is 3.10. The second-order valence-corrected chi connectivity index (χ2v) is 5.77. The molecule has 24 heavy (non-hydrogen) atoms. The molecule has 1 aliphatic rings. The van der Waals surface area contributed by atoms with Crippen LogP contribution in [0, 0.1) is 0 Å². The van der Waals surface area contributed by atoms with Crippen LogP contribution >= 0.6 is 0 Å². The highest BCUT2D eigenvalue weighted by molar-refractivity contribution is 6.24. The molecule has 0 spiro atoms. The zero-order valence-electron chi connectivity index (χ0n) is 14.5. The molecule has 0 saturated carbocycles. The number of benzene rings is 2. The molecule has 4 nitrogen and oxygen atoms in total. The van der Waals surface area contributed by atoms with E-state index >= 15 is 0 Å². The van der Waals surface area contributed by atoms with Gasteiger partial charge in [-0.3, -0.25) is 4.79 Å². The molecule has 0 radical (unpaired) electrons. The summed E-state index contributed by atoms with van der Waals surface area (Å²) in [5, 5.41) is 0. The summed E-state index contributed by atoms with van der Waals surface area (Å²) in [6.07, 6.45) is 0. The Hall–Kier alpha value is -2.33. The van der Waals surface area contributed by atoms with Crippen molar-refractivity contribution in [2.45, 2.75) is 13.8 Å². The summed E-state index contributed by atoms with van der Waals surface area (Å²) >= 11 is 0. The van der Waals surface area contributed by atoms with Gasteiger partial charge < -0.3 is 14.4 Å². The van der Waals surface area contributed by atoms with Crippen molar-refractivity contribution in [1.82, 2.24) is 4.90 Å². The second-order valence-electron chi connectivity index (χ2n) is 5.77. The van der Waals surface area contributed by atoms with Gasteiger partial charge in [0.25, 0.3) is 0 Å². The minimum absolute atomic E-state index is 0.0114. The number of fused-ring (bicyclic) bond motifs is 3. The normalized spacial score (nSPS) is 12.2. The minimum atomic E-state index is 0.0114. The van der Waals surface area contributed by atoms with E-state index in [4.69, 9.17) is 9.47 Å². The molecule has 3 rings (SSSR count). The van der Waals surface area contributed by atoms with E-state index in [0.717, 1.165) is 36.5 Å². The number of hydrogen-bond acceptors (Lipinski definition) is 4. The summed E-state index contributed by atoms with van der Waals surface area (Å²) in [5.74, 6) is 1.39. The number of carbonyl (C=O) groups excluding carboxylic acids is 1. The van der Waals surface area contributed by atoms with Gasteiger partial charge in [0, 0.05) is 23.2 Å². The smallest absolute Gasteiger partial charge is 0.198 e. The summed E-state index contributed by atoms with van der Waals surface area (Å²) < 4.78 is 11.4. The first kappa shape index (κ1) is 16.5.